The largest absolute Gasteiger partial charge is 0.562 e. The number of oxazole rings is 1. The summed E-state index contributed by atoms with van der Waals surface area (Å²) in [7, 11) is 0. The maximum atomic E-state index is 11.8. The van der Waals surface area contributed by atoms with Crippen LogP contribution in [-0.4, -0.2) is 22.3 Å². The first-order valence-electron chi connectivity index (χ1n) is 6.84. The number of benzene rings is 2. The van der Waals surface area contributed by atoms with Gasteiger partial charge in [0.15, 0.2) is 0 Å². The van der Waals surface area contributed by atoms with E-state index in [0.29, 0.717) is 16.3 Å². The molecule has 24 heavy (non-hydrogen) atoms. The van der Waals surface area contributed by atoms with Crippen LogP contribution in [0.4, 0.5) is 5.69 Å². The Morgan fingerprint density at radius 3 is 2.46 bits per heavy atom. The molecule has 7 heteroatoms. The van der Waals surface area contributed by atoms with Gasteiger partial charge >= 0.3 is 5.97 Å². The molecule has 0 aliphatic heterocycles. The van der Waals surface area contributed by atoms with Crippen molar-refractivity contribution in [1.29, 1.82) is 0 Å². The fraction of sp³-hybridized carbons (Fsp3) is 0. The van der Waals surface area contributed by atoms with Gasteiger partial charge in [-0.1, -0.05) is 23.7 Å². The van der Waals surface area contributed by atoms with Crippen LogP contribution in [0.3, 0.4) is 0 Å². The molecule has 0 radical (unpaired) electrons. The van der Waals surface area contributed by atoms with E-state index in [1.165, 1.54) is 30.5 Å². The van der Waals surface area contributed by atoms with Crippen LogP contribution in [0.15, 0.2) is 57.9 Å². The van der Waals surface area contributed by atoms with Gasteiger partial charge in [-0.15, -0.1) is 0 Å². The first-order chi connectivity index (χ1) is 11.5. The van der Waals surface area contributed by atoms with E-state index < -0.39 is 11.9 Å². The number of hydrogen-bond acceptors (Lipinski definition) is 5. The molecule has 0 saturated heterocycles. The highest BCUT2D eigenvalue weighted by Gasteiger charge is 2.05. The van der Waals surface area contributed by atoms with Gasteiger partial charge in [0.25, 0.3) is 0 Å². The van der Waals surface area contributed by atoms with Gasteiger partial charge in [0.05, 0.1) is 23.4 Å². The number of nitrogens with zero attached hydrogens (tertiary/aromatic N) is 2. The van der Waals surface area contributed by atoms with Crippen molar-refractivity contribution >= 4 is 29.5 Å². The Labute approximate surface area is 141 Å². The Morgan fingerprint density at radius 2 is 1.83 bits per heavy atom. The lowest BCUT2D eigenvalue weighted by Gasteiger charge is -1.99. The van der Waals surface area contributed by atoms with E-state index in [2.05, 4.69) is 9.98 Å². The van der Waals surface area contributed by atoms with Crippen molar-refractivity contribution in [3.8, 4) is 17.4 Å². The van der Waals surface area contributed by atoms with Gasteiger partial charge in [0.2, 0.25) is 0 Å². The third kappa shape index (κ3) is 3.44. The molecule has 0 fully saturated rings. The van der Waals surface area contributed by atoms with Gasteiger partial charge in [-0.2, -0.15) is 0 Å². The topological polar surface area (TPSA) is 98.8 Å². The van der Waals surface area contributed by atoms with Crippen LogP contribution in [0, 0.1) is 0 Å². The second-order valence-corrected chi connectivity index (χ2v) is 5.25. The van der Waals surface area contributed by atoms with Gasteiger partial charge in [-0.3, -0.25) is 4.99 Å². The van der Waals surface area contributed by atoms with E-state index in [-0.39, 0.29) is 17.1 Å². The molecule has 6 nitrogen and oxygen atoms in total. The lowest BCUT2D eigenvalue weighted by molar-refractivity contribution is -0.293. The van der Waals surface area contributed by atoms with E-state index in [0.717, 1.165) is 0 Å². The summed E-state index contributed by atoms with van der Waals surface area (Å²) in [4.78, 5) is 19.0. The predicted molar refractivity (Wildman–Crippen MR) is 87.1 cm³/mol. The molecule has 0 atom stereocenters. The van der Waals surface area contributed by atoms with E-state index in [4.69, 9.17) is 21.1 Å². The molecule has 0 aliphatic rings. The number of aromatic carboxylic acids is 1. The summed E-state index contributed by atoms with van der Waals surface area (Å²) >= 11 is 5.81. The molecule has 2 aromatic carbocycles. The van der Waals surface area contributed by atoms with Gasteiger partial charge in [0.1, 0.15) is 11.6 Å². The third-order valence-corrected chi connectivity index (χ3v) is 3.41. The molecule has 0 saturated carbocycles. The minimum atomic E-state index is -1.02. The Bertz CT molecular complexity index is 899. The lowest BCUT2D eigenvalue weighted by atomic mass is 10.2. The Kier molecular flexibility index (Phi) is 4.31. The average molecular weight is 342 g/mol. The number of halogens is 1. The Morgan fingerprint density at radius 1 is 1.17 bits per heavy atom. The standard InChI is InChI=1S/C17H11ClN2O4/c18-12-5-1-10(2-6-12)15-20-14(17(23)24-15)9-19-13-7-3-11(4-8-13)16(21)22/h1-9,23H,(H,21,22)/p-1. The maximum Gasteiger partial charge on any atom is 0.335 e. The molecule has 0 amide bonds. The molecule has 1 heterocycles. The summed E-state index contributed by atoms with van der Waals surface area (Å²) in [6, 6.07) is 12.6. The Hall–Kier alpha value is -3.12. The lowest BCUT2D eigenvalue weighted by Crippen LogP contribution is -1.94. The Balaban J connectivity index is 1.82. The molecule has 1 N–H and O–H groups in total. The monoisotopic (exact) mass is 341 g/mol. The predicted octanol–water partition coefficient (Wildman–Crippen LogP) is 3.52. The van der Waals surface area contributed by atoms with E-state index in [9.17, 15) is 9.90 Å². The van der Waals surface area contributed by atoms with Crippen molar-refractivity contribution in [3.63, 3.8) is 0 Å². The number of carboxylic acid groups (broad SMARTS) is 1. The van der Waals surface area contributed by atoms with Gasteiger partial charge in [0, 0.05) is 10.6 Å². The molecular weight excluding hydrogens is 332 g/mol. The third-order valence-electron chi connectivity index (χ3n) is 3.16. The summed E-state index contributed by atoms with van der Waals surface area (Å²) in [6.07, 6.45) is 1.28. The summed E-state index contributed by atoms with van der Waals surface area (Å²) in [5.41, 5.74) is 1.34. The van der Waals surface area contributed by atoms with E-state index >= 15 is 0 Å². The van der Waals surface area contributed by atoms with Crippen molar-refractivity contribution in [2.75, 3.05) is 0 Å². The zero-order chi connectivity index (χ0) is 17.1. The van der Waals surface area contributed by atoms with Crippen LogP contribution in [-0.2, 0) is 0 Å². The molecule has 120 valence electrons. The van der Waals surface area contributed by atoms with Crippen LogP contribution in [0.2, 0.25) is 5.02 Å². The normalized spacial score (nSPS) is 11.0. The number of aromatic nitrogens is 1. The number of rotatable bonds is 4. The number of hydrogen-bond donors (Lipinski definition) is 1. The highest BCUT2D eigenvalue weighted by Crippen LogP contribution is 2.25. The zero-order valence-corrected chi connectivity index (χ0v) is 12.9. The molecule has 0 unspecified atom stereocenters. The second kappa shape index (κ2) is 6.55. The zero-order valence-electron chi connectivity index (χ0n) is 12.1. The molecular formula is C17H10ClN2O4-. The quantitative estimate of drug-likeness (QED) is 0.732. The van der Waals surface area contributed by atoms with Crippen molar-refractivity contribution < 1.29 is 19.4 Å². The first-order valence-corrected chi connectivity index (χ1v) is 7.22. The van der Waals surface area contributed by atoms with Crippen molar-refractivity contribution in [3.05, 3.63) is 64.8 Å². The van der Waals surface area contributed by atoms with Gasteiger partial charge in [-0.25, -0.2) is 9.78 Å². The minimum Gasteiger partial charge on any atom is -0.562 e. The summed E-state index contributed by atoms with van der Waals surface area (Å²) < 4.78 is 5.10. The number of carbonyl (C=O) groups is 1. The fourth-order valence-electron chi connectivity index (χ4n) is 1.94. The van der Waals surface area contributed by atoms with Crippen LogP contribution in [0.25, 0.3) is 11.5 Å². The number of aliphatic imine (C=N–C) groups is 1. The molecule has 3 aromatic rings. The highest BCUT2D eigenvalue weighted by atomic mass is 35.5. The van der Waals surface area contributed by atoms with Crippen LogP contribution in [0.5, 0.6) is 5.95 Å². The SMILES string of the molecule is O=C(O)c1ccc(N=Cc2nc(-c3ccc(Cl)cc3)oc2[O-])cc1. The summed E-state index contributed by atoms with van der Waals surface area (Å²) in [5, 5.41) is 21.2. The molecule has 0 bridgehead atoms. The van der Waals surface area contributed by atoms with E-state index in [1.807, 2.05) is 0 Å². The van der Waals surface area contributed by atoms with Crippen LogP contribution in [0.1, 0.15) is 16.1 Å². The molecule has 0 aliphatic carbocycles. The van der Waals surface area contributed by atoms with Gasteiger partial charge < -0.3 is 14.6 Å². The maximum absolute atomic E-state index is 11.8. The molecule has 1 aromatic heterocycles. The van der Waals surface area contributed by atoms with Crippen molar-refractivity contribution in [2.45, 2.75) is 0 Å². The molecule has 0 spiro atoms. The fourth-order valence-corrected chi connectivity index (χ4v) is 2.07. The number of carboxylic acids is 1. The van der Waals surface area contributed by atoms with Crippen LogP contribution >= 0.6 is 11.6 Å². The summed E-state index contributed by atoms with van der Waals surface area (Å²) in [6.45, 7) is 0. The minimum absolute atomic E-state index is 0.0576. The van der Waals surface area contributed by atoms with Crippen molar-refractivity contribution in [2.24, 2.45) is 4.99 Å². The summed E-state index contributed by atoms with van der Waals surface area (Å²) in [5.74, 6) is -1.44. The van der Waals surface area contributed by atoms with Gasteiger partial charge in [-0.05, 0) is 36.4 Å². The van der Waals surface area contributed by atoms with Crippen molar-refractivity contribution in [1.82, 2.24) is 4.98 Å². The van der Waals surface area contributed by atoms with Crippen LogP contribution < -0.4 is 5.11 Å². The second-order valence-electron chi connectivity index (χ2n) is 4.81. The first kappa shape index (κ1) is 15.8. The molecule has 3 rings (SSSR count). The highest BCUT2D eigenvalue weighted by molar-refractivity contribution is 6.30. The average Bonchev–Trinajstić information content (AvgIpc) is 2.95. The van der Waals surface area contributed by atoms with E-state index in [1.54, 1.807) is 24.3 Å². The smallest absolute Gasteiger partial charge is 0.335 e.